The topological polar surface area (TPSA) is 36.4 Å². The Kier molecular flexibility index (Phi) is 5.17. The largest absolute Gasteiger partial charge is 0.401 e. The molecule has 1 aromatic heterocycles. The molecule has 0 saturated carbocycles. The zero-order chi connectivity index (χ0) is 12.0. The van der Waals surface area contributed by atoms with E-state index in [1.165, 1.54) is 16.2 Å². The van der Waals surface area contributed by atoms with Crippen LogP contribution in [0.3, 0.4) is 0 Å². The molecule has 0 amide bonds. The van der Waals surface area contributed by atoms with Gasteiger partial charge in [-0.05, 0) is 6.42 Å². The summed E-state index contributed by atoms with van der Waals surface area (Å²) >= 11 is 1.35. The number of aliphatic hydroxyl groups excluding tert-OH is 1. The van der Waals surface area contributed by atoms with Crippen LogP contribution in [0.1, 0.15) is 12.1 Å². The fourth-order valence-electron chi connectivity index (χ4n) is 1.31. The van der Waals surface area contributed by atoms with E-state index in [4.69, 9.17) is 5.11 Å². The van der Waals surface area contributed by atoms with E-state index in [0.717, 1.165) is 0 Å². The van der Waals surface area contributed by atoms with E-state index in [2.05, 4.69) is 4.98 Å². The minimum atomic E-state index is -4.22. The molecule has 0 atom stereocenters. The quantitative estimate of drug-likeness (QED) is 0.842. The first-order valence-electron chi connectivity index (χ1n) is 4.78. The number of rotatable bonds is 6. The van der Waals surface area contributed by atoms with E-state index in [9.17, 15) is 13.2 Å². The second-order valence-electron chi connectivity index (χ2n) is 3.38. The second kappa shape index (κ2) is 6.17. The van der Waals surface area contributed by atoms with Gasteiger partial charge in [0.1, 0.15) is 0 Å². The Labute approximate surface area is 95.5 Å². The van der Waals surface area contributed by atoms with Gasteiger partial charge < -0.3 is 5.11 Å². The molecule has 0 saturated heterocycles. The van der Waals surface area contributed by atoms with Crippen molar-refractivity contribution in [1.29, 1.82) is 0 Å². The maximum Gasteiger partial charge on any atom is 0.401 e. The fraction of sp³-hybridized carbons (Fsp3) is 0.667. The highest BCUT2D eigenvalue weighted by Crippen LogP contribution is 2.18. The fourth-order valence-corrected chi connectivity index (χ4v) is 1.86. The molecule has 0 unspecified atom stereocenters. The molecule has 7 heteroatoms. The number of aromatic nitrogens is 1. The van der Waals surface area contributed by atoms with Gasteiger partial charge in [-0.25, -0.2) is 4.98 Å². The Morgan fingerprint density at radius 3 is 2.69 bits per heavy atom. The summed E-state index contributed by atoms with van der Waals surface area (Å²) in [6, 6.07) is 0. The average Bonchev–Trinajstić information content (AvgIpc) is 2.64. The van der Waals surface area contributed by atoms with Crippen LogP contribution < -0.4 is 0 Å². The lowest BCUT2D eigenvalue weighted by atomic mass is 10.3. The highest BCUT2D eigenvalue weighted by molar-refractivity contribution is 7.07. The normalized spacial score (nSPS) is 12.3. The Bertz CT molecular complexity index is 289. The first kappa shape index (κ1) is 13.4. The van der Waals surface area contributed by atoms with E-state index in [1.54, 1.807) is 10.9 Å². The lowest BCUT2D eigenvalue weighted by Crippen LogP contribution is -2.35. The Morgan fingerprint density at radius 1 is 1.44 bits per heavy atom. The minimum absolute atomic E-state index is 0.106. The molecule has 1 aromatic rings. The lowest BCUT2D eigenvalue weighted by molar-refractivity contribution is -0.147. The summed E-state index contributed by atoms with van der Waals surface area (Å²) in [6.07, 6.45) is -3.88. The van der Waals surface area contributed by atoms with Crippen LogP contribution in [0.25, 0.3) is 0 Å². The van der Waals surface area contributed by atoms with Gasteiger partial charge in [-0.15, -0.1) is 11.3 Å². The van der Waals surface area contributed by atoms with Crippen molar-refractivity contribution in [3.05, 3.63) is 16.6 Å². The van der Waals surface area contributed by atoms with E-state index in [0.29, 0.717) is 12.1 Å². The number of alkyl halides is 3. The van der Waals surface area contributed by atoms with Crippen molar-refractivity contribution in [3.8, 4) is 0 Å². The van der Waals surface area contributed by atoms with Crippen molar-refractivity contribution in [2.24, 2.45) is 0 Å². The van der Waals surface area contributed by atoms with Gasteiger partial charge in [0.2, 0.25) is 0 Å². The van der Waals surface area contributed by atoms with Gasteiger partial charge in [0, 0.05) is 25.1 Å². The summed E-state index contributed by atoms with van der Waals surface area (Å²) in [5.41, 5.74) is 2.22. The second-order valence-corrected chi connectivity index (χ2v) is 4.10. The van der Waals surface area contributed by atoms with Crippen LogP contribution in [0, 0.1) is 0 Å². The van der Waals surface area contributed by atoms with E-state index in [-0.39, 0.29) is 19.7 Å². The van der Waals surface area contributed by atoms with Gasteiger partial charge in [0.05, 0.1) is 17.7 Å². The van der Waals surface area contributed by atoms with E-state index >= 15 is 0 Å². The zero-order valence-corrected chi connectivity index (χ0v) is 9.39. The highest BCUT2D eigenvalue weighted by Gasteiger charge is 2.30. The van der Waals surface area contributed by atoms with Crippen molar-refractivity contribution in [1.82, 2.24) is 9.88 Å². The lowest BCUT2D eigenvalue weighted by Gasteiger charge is -2.22. The molecule has 92 valence electrons. The average molecular weight is 254 g/mol. The zero-order valence-electron chi connectivity index (χ0n) is 8.57. The molecular weight excluding hydrogens is 241 g/mol. The van der Waals surface area contributed by atoms with Crippen molar-refractivity contribution in [2.75, 3.05) is 19.7 Å². The monoisotopic (exact) mass is 254 g/mol. The van der Waals surface area contributed by atoms with Crippen LogP contribution in [0.5, 0.6) is 0 Å². The summed E-state index contributed by atoms with van der Waals surface area (Å²) in [4.78, 5) is 5.18. The molecule has 0 radical (unpaired) electrons. The Balaban J connectivity index is 2.50. The third-order valence-corrected chi connectivity index (χ3v) is 2.54. The smallest absolute Gasteiger partial charge is 0.396 e. The molecule has 16 heavy (non-hydrogen) atoms. The summed E-state index contributed by atoms with van der Waals surface area (Å²) in [6.45, 7) is -0.688. The van der Waals surface area contributed by atoms with Gasteiger partial charge in [0.25, 0.3) is 0 Å². The number of nitrogens with zero attached hydrogens (tertiary/aromatic N) is 2. The van der Waals surface area contributed by atoms with Crippen LogP contribution in [0.4, 0.5) is 13.2 Å². The molecule has 3 nitrogen and oxygen atoms in total. The molecule has 0 aromatic carbocycles. The van der Waals surface area contributed by atoms with Gasteiger partial charge >= 0.3 is 6.18 Å². The SMILES string of the molecule is OCCCN(Cc1cscn1)CC(F)(F)F. The van der Waals surface area contributed by atoms with Crippen molar-refractivity contribution >= 4 is 11.3 Å². The van der Waals surface area contributed by atoms with Gasteiger partial charge in [-0.1, -0.05) is 0 Å². The summed E-state index contributed by atoms with van der Waals surface area (Å²) in [5.74, 6) is 0. The molecule has 0 fully saturated rings. The summed E-state index contributed by atoms with van der Waals surface area (Å²) < 4.78 is 36.7. The summed E-state index contributed by atoms with van der Waals surface area (Å²) in [7, 11) is 0. The van der Waals surface area contributed by atoms with Gasteiger partial charge in [0.15, 0.2) is 0 Å². The number of hydrogen-bond acceptors (Lipinski definition) is 4. The van der Waals surface area contributed by atoms with E-state index < -0.39 is 12.7 Å². The third kappa shape index (κ3) is 5.43. The molecule has 0 aliphatic carbocycles. The standard InChI is InChI=1S/C9H13F3N2OS/c10-9(11,12)6-14(2-1-3-15)4-8-5-16-7-13-8/h5,7,15H,1-4,6H2. The summed E-state index contributed by atoms with van der Waals surface area (Å²) in [5, 5.41) is 10.3. The highest BCUT2D eigenvalue weighted by atomic mass is 32.1. The van der Waals surface area contributed by atoms with Crippen molar-refractivity contribution in [2.45, 2.75) is 19.1 Å². The Hall–Kier alpha value is -0.660. The van der Waals surface area contributed by atoms with Crippen LogP contribution in [-0.2, 0) is 6.54 Å². The number of hydrogen-bond donors (Lipinski definition) is 1. The molecule has 0 aliphatic heterocycles. The Morgan fingerprint density at radius 2 is 2.19 bits per heavy atom. The molecule has 0 aliphatic rings. The molecule has 1 heterocycles. The van der Waals surface area contributed by atoms with Gasteiger partial charge in [-0.2, -0.15) is 13.2 Å². The molecule has 1 N–H and O–H groups in total. The van der Waals surface area contributed by atoms with Crippen LogP contribution >= 0.6 is 11.3 Å². The van der Waals surface area contributed by atoms with Crippen LogP contribution in [0.2, 0.25) is 0 Å². The molecule has 1 rings (SSSR count). The van der Waals surface area contributed by atoms with E-state index in [1.807, 2.05) is 0 Å². The number of thiazole rings is 1. The molecule has 0 spiro atoms. The molecule has 0 bridgehead atoms. The number of halogens is 3. The maximum absolute atomic E-state index is 12.2. The van der Waals surface area contributed by atoms with Crippen LogP contribution in [-0.4, -0.2) is 40.9 Å². The minimum Gasteiger partial charge on any atom is -0.396 e. The first-order chi connectivity index (χ1) is 7.51. The predicted molar refractivity (Wildman–Crippen MR) is 55.1 cm³/mol. The van der Waals surface area contributed by atoms with Crippen LogP contribution in [0.15, 0.2) is 10.9 Å². The number of aliphatic hydroxyl groups is 1. The first-order valence-corrected chi connectivity index (χ1v) is 5.72. The molecular formula is C9H13F3N2OS. The van der Waals surface area contributed by atoms with Gasteiger partial charge in [-0.3, -0.25) is 4.90 Å². The third-order valence-electron chi connectivity index (χ3n) is 1.90. The van der Waals surface area contributed by atoms with Crippen molar-refractivity contribution < 1.29 is 18.3 Å². The maximum atomic E-state index is 12.2. The predicted octanol–water partition coefficient (Wildman–Crippen LogP) is 1.89. The van der Waals surface area contributed by atoms with Crippen molar-refractivity contribution in [3.63, 3.8) is 0 Å².